The van der Waals surface area contributed by atoms with Crippen LogP contribution in [0.3, 0.4) is 0 Å². The molecule has 0 spiro atoms. The van der Waals surface area contributed by atoms with E-state index in [0.717, 1.165) is 5.56 Å². The van der Waals surface area contributed by atoms with Crippen LogP contribution < -0.4 is 0 Å². The first-order chi connectivity index (χ1) is 10.0. The fourth-order valence-electron chi connectivity index (χ4n) is 2.85. The second-order valence-electron chi connectivity index (χ2n) is 5.52. The van der Waals surface area contributed by atoms with Gasteiger partial charge in [-0.25, -0.2) is 0 Å². The highest BCUT2D eigenvalue weighted by molar-refractivity contribution is 5.93. The van der Waals surface area contributed by atoms with Crippen LogP contribution in [0.5, 0.6) is 0 Å². The van der Waals surface area contributed by atoms with Gasteiger partial charge in [-0.05, 0) is 32.3 Å². The Hall–Kier alpha value is -2.10. The van der Waals surface area contributed by atoms with Crippen LogP contribution in [0, 0.1) is 0 Å². The average Bonchev–Trinajstić information content (AvgIpc) is 2.54. The molecule has 1 aromatic rings. The molecule has 21 heavy (non-hydrogen) atoms. The summed E-state index contributed by atoms with van der Waals surface area (Å²) in [6.45, 7) is 4.58. The highest BCUT2D eigenvalue weighted by Crippen LogP contribution is 2.36. The Morgan fingerprint density at radius 2 is 1.76 bits per heavy atom. The number of aliphatic carboxylic acids is 1. The molecule has 112 valence electrons. The molecule has 0 radical (unpaired) electrons. The fourth-order valence-corrected chi connectivity index (χ4v) is 2.85. The van der Waals surface area contributed by atoms with E-state index in [9.17, 15) is 14.7 Å². The number of rotatable bonds is 3. The van der Waals surface area contributed by atoms with E-state index in [1.807, 2.05) is 37.3 Å². The zero-order valence-corrected chi connectivity index (χ0v) is 12.5. The summed E-state index contributed by atoms with van der Waals surface area (Å²) < 4.78 is 0. The van der Waals surface area contributed by atoms with E-state index in [2.05, 4.69) is 0 Å². The Bertz CT molecular complexity index is 555. The molecule has 0 aliphatic carbocycles. The van der Waals surface area contributed by atoms with Gasteiger partial charge in [0.15, 0.2) is 0 Å². The van der Waals surface area contributed by atoms with Gasteiger partial charge in [-0.15, -0.1) is 0 Å². The molecule has 1 N–H and O–H groups in total. The zero-order valence-electron chi connectivity index (χ0n) is 12.5. The van der Waals surface area contributed by atoms with Crippen molar-refractivity contribution in [3.8, 4) is 0 Å². The fraction of sp³-hybridized carbons (Fsp3) is 0.412. The molecule has 2 rings (SSSR count). The second-order valence-corrected chi connectivity index (χ2v) is 5.52. The maximum atomic E-state index is 12.2. The molecule has 1 fully saturated rings. The van der Waals surface area contributed by atoms with Crippen molar-refractivity contribution in [2.45, 2.75) is 32.1 Å². The number of benzene rings is 1. The molecule has 1 heterocycles. The van der Waals surface area contributed by atoms with Crippen molar-refractivity contribution in [1.82, 2.24) is 4.90 Å². The predicted octanol–water partition coefficient (Wildman–Crippen LogP) is 2.60. The molecule has 1 aliphatic heterocycles. The summed E-state index contributed by atoms with van der Waals surface area (Å²) >= 11 is 0. The molecule has 0 unspecified atom stereocenters. The molecule has 4 nitrogen and oxygen atoms in total. The quantitative estimate of drug-likeness (QED) is 0.869. The Morgan fingerprint density at radius 3 is 2.24 bits per heavy atom. The summed E-state index contributed by atoms with van der Waals surface area (Å²) in [6, 6.07) is 9.34. The van der Waals surface area contributed by atoms with Gasteiger partial charge in [-0.1, -0.05) is 36.4 Å². The molecule has 0 saturated carbocycles. The third kappa shape index (κ3) is 2.84. The highest BCUT2D eigenvalue weighted by Gasteiger charge is 2.43. The van der Waals surface area contributed by atoms with Gasteiger partial charge in [0, 0.05) is 18.7 Å². The van der Waals surface area contributed by atoms with Gasteiger partial charge < -0.3 is 10.0 Å². The van der Waals surface area contributed by atoms with Crippen molar-refractivity contribution in [2.75, 3.05) is 13.1 Å². The van der Waals surface area contributed by atoms with Crippen molar-refractivity contribution in [2.24, 2.45) is 0 Å². The van der Waals surface area contributed by atoms with Gasteiger partial charge in [-0.2, -0.15) is 0 Å². The number of carbonyl (C=O) groups excluding carboxylic acids is 1. The number of piperidine rings is 1. The van der Waals surface area contributed by atoms with Crippen LogP contribution in [0.4, 0.5) is 0 Å². The van der Waals surface area contributed by atoms with E-state index in [0.29, 0.717) is 31.5 Å². The van der Waals surface area contributed by atoms with Gasteiger partial charge in [-0.3, -0.25) is 9.59 Å². The largest absolute Gasteiger partial charge is 0.481 e. The number of carboxylic acid groups (broad SMARTS) is 1. The van der Waals surface area contributed by atoms with Crippen LogP contribution in [-0.4, -0.2) is 35.0 Å². The monoisotopic (exact) mass is 287 g/mol. The van der Waals surface area contributed by atoms with Crippen molar-refractivity contribution in [3.63, 3.8) is 0 Å². The lowest BCUT2D eigenvalue weighted by Crippen LogP contribution is -2.49. The Labute approximate surface area is 125 Å². The molecule has 0 atom stereocenters. The number of hydrogen-bond acceptors (Lipinski definition) is 2. The second kappa shape index (κ2) is 6.12. The summed E-state index contributed by atoms with van der Waals surface area (Å²) in [5.41, 5.74) is 0.659. The van der Waals surface area contributed by atoms with Gasteiger partial charge in [0.1, 0.15) is 0 Å². The number of carbonyl (C=O) groups is 2. The molecular weight excluding hydrogens is 266 g/mol. The minimum atomic E-state index is -0.873. The molecule has 4 heteroatoms. The van der Waals surface area contributed by atoms with Crippen molar-refractivity contribution in [1.29, 1.82) is 0 Å². The molecule has 1 amide bonds. The first kappa shape index (κ1) is 15.3. The lowest BCUT2D eigenvalue weighted by molar-refractivity contribution is -0.147. The van der Waals surface area contributed by atoms with Crippen LogP contribution in [0.15, 0.2) is 42.0 Å². The standard InChI is InChI=1S/C17H21NO3/c1-3-13(2)15(19)18-11-9-17(10-12-18,16(20)21)14-7-5-4-6-8-14/h3-8H,9-12H2,1-2H3,(H,20,21)/b13-3+. The topological polar surface area (TPSA) is 57.6 Å². The summed E-state index contributed by atoms with van der Waals surface area (Å²) in [7, 11) is 0. The van der Waals surface area contributed by atoms with E-state index in [4.69, 9.17) is 0 Å². The third-order valence-electron chi connectivity index (χ3n) is 4.41. The minimum absolute atomic E-state index is 0.00421. The first-order valence-electron chi connectivity index (χ1n) is 7.22. The van der Waals surface area contributed by atoms with E-state index < -0.39 is 11.4 Å². The minimum Gasteiger partial charge on any atom is -0.481 e. The predicted molar refractivity (Wildman–Crippen MR) is 81.0 cm³/mol. The molecule has 1 aromatic carbocycles. The number of hydrogen-bond donors (Lipinski definition) is 1. The number of likely N-dealkylation sites (tertiary alicyclic amines) is 1. The summed E-state index contributed by atoms with van der Waals surface area (Å²) in [5, 5.41) is 9.71. The lowest BCUT2D eigenvalue weighted by Gasteiger charge is -2.39. The van der Waals surface area contributed by atoms with Gasteiger partial charge in [0.05, 0.1) is 5.41 Å². The van der Waals surface area contributed by atoms with Crippen LogP contribution in [0.1, 0.15) is 32.3 Å². The Balaban J connectivity index is 2.20. The number of amides is 1. The smallest absolute Gasteiger partial charge is 0.314 e. The van der Waals surface area contributed by atoms with Gasteiger partial charge in [0.25, 0.3) is 0 Å². The van der Waals surface area contributed by atoms with Crippen LogP contribution in [0.25, 0.3) is 0 Å². The van der Waals surface area contributed by atoms with Crippen molar-refractivity contribution in [3.05, 3.63) is 47.5 Å². The summed E-state index contributed by atoms with van der Waals surface area (Å²) in [6.07, 6.45) is 2.70. The molecule has 0 aromatic heterocycles. The Kier molecular flexibility index (Phi) is 4.46. The summed E-state index contributed by atoms with van der Waals surface area (Å²) in [4.78, 5) is 25.7. The van der Waals surface area contributed by atoms with Crippen molar-refractivity contribution < 1.29 is 14.7 Å². The lowest BCUT2D eigenvalue weighted by atomic mass is 9.73. The molecule has 1 saturated heterocycles. The molecule has 0 bridgehead atoms. The molecular formula is C17H21NO3. The number of carboxylic acids is 1. The maximum Gasteiger partial charge on any atom is 0.314 e. The average molecular weight is 287 g/mol. The van der Waals surface area contributed by atoms with Crippen LogP contribution in [0.2, 0.25) is 0 Å². The third-order valence-corrected chi connectivity index (χ3v) is 4.41. The van der Waals surface area contributed by atoms with Crippen LogP contribution >= 0.6 is 0 Å². The SMILES string of the molecule is C/C=C(\C)C(=O)N1CCC(C(=O)O)(c2ccccc2)CC1. The van der Waals surface area contributed by atoms with Crippen molar-refractivity contribution >= 4 is 11.9 Å². The van der Waals surface area contributed by atoms with E-state index >= 15 is 0 Å². The highest BCUT2D eigenvalue weighted by atomic mass is 16.4. The van der Waals surface area contributed by atoms with Gasteiger partial charge in [0.2, 0.25) is 5.91 Å². The van der Waals surface area contributed by atoms with Gasteiger partial charge >= 0.3 is 5.97 Å². The Morgan fingerprint density at radius 1 is 1.19 bits per heavy atom. The number of nitrogens with zero attached hydrogens (tertiary/aromatic N) is 1. The number of allylic oxidation sites excluding steroid dienone is 1. The summed E-state index contributed by atoms with van der Waals surface area (Å²) in [5.74, 6) is -0.798. The normalized spacial score (nSPS) is 18.4. The van der Waals surface area contributed by atoms with E-state index in [-0.39, 0.29) is 5.91 Å². The molecule has 1 aliphatic rings. The van der Waals surface area contributed by atoms with E-state index in [1.54, 1.807) is 17.9 Å². The first-order valence-corrected chi connectivity index (χ1v) is 7.22. The zero-order chi connectivity index (χ0) is 15.5. The maximum absolute atomic E-state index is 12.2. The van der Waals surface area contributed by atoms with Crippen LogP contribution in [-0.2, 0) is 15.0 Å². The van der Waals surface area contributed by atoms with E-state index in [1.165, 1.54) is 0 Å².